The van der Waals surface area contributed by atoms with Gasteiger partial charge < -0.3 is 11.1 Å². The van der Waals surface area contributed by atoms with Crippen molar-refractivity contribution in [3.63, 3.8) is 0 Å². The molecule has 0 saturated heterocycles. The number of fused-ring (bicyclic) bond motifs is 1. The van der Waals surface area contributed by atoms with Crippen molar-refractivity contribution in [3.05, 3.63) is 60.0 Å². The summed E-state index contributed by atoms with van der Waals surface area (Å²) in [6.07, 6.45) is 3.34. The van der Waals surface area contributed by atoms with Gasteiger partial charge in [0.05, 0.1) is 27.0 Å². The van der Waals surface area contributed by atoms with Gasteiger partial charge in [-0.3, -0.25) is 29.8 Å². The summed E-state index contributed by atoms with van der Waals surface area (Å²) in [5.41, 5.74) is 5.12. The van der Waals surface area contributed by atoms with Crippen LogP contribution >= 0.6 is 11.3 Å². The van der Waals surface area contributed by atoms with Crippen LogP contribution in [0.1, 0.15) is 44.0 Å². The van der Waals surface area contributed by atoms with Crippen LogP contribution in [0.5, 0.6) is 0 Å². The molecule has 10 nitrogen and oxygen atoms in total. The number of carbonyl (C=O) groups is 2. The Labute approximate surface area is 156 Å². The van der Waals surface area contributed by atoms with Crippen molar-refractivity contribution in [2.75, 3.05) is 5.32 Å². The van der Waals surface area contributed by atoms with Crippen molar-refractivity contribution in [1.29, 1.82) is 0 Å². The molecule has 2 aromatic rings. The van der Waals surface area contributed by atoms with Crippen LogP contribution in [0.25, 0.3) is 0 Å². The van der Waals surface area contributed by atoms with E-state index in [1.807, 2.05) is 0 Å². The normalized spacial score (nSPS) is 12.9. The minimum atomic E-state index is -0.817. The molecule has 3 N–H and O–H groups in total. The summed E-state index contributed by atoms with van der Waals surface area (Å²) in [6, 6.07) is 2.66. The summed E-state index contributed by atoms with van der Waals surface area (Å²) in [7, 11) is 0. The van der Waals surface area contributed by atoms with Gasteiger partial charge in [0, 0.05) is 17.0 Å². The highest BCUT2D eigenvalue weighted by Gasteiger charge is 2.26. The second kappa shape index (κ2) is 7.11. The Morgan fingerprint density at radius 1 is 1.04 bits per heavy atom. The molecule has 27 heavy (non-hydrogen) atoms. The molecule has 1 aliphatic carbocycles. The molecule has 1 heterocycles. The van der Waals surface area contributed by atoms with Crippen LogP contribution in [0.2, 0.25) is 0 Å². The number of nitrogens with one attached hydrogen (secondary N) is 1. The van der Waals surface area contributed by atoms with E-state index in [2.05, 4.69) is 5.32 Å². The van der Waals surface area contributed by atoms with Crippen LogP contribution in [-0.4, -0.2) is 21.7 Å². The highest BCUT2D eigenvalue weighted by Crippen LogP contribution is 2.38. The lowest BCUT2D eigenvalue weighted by molar-refractivity contribution is -0.394. The first kappa shape index (κ1) is 18.5. The first-order valence-corrected chi connectivity index (χ1v) is 8.79. The minimum absolute atomic E-state index is 0.239. The molecular formula is C16H14N4O6S. The highest BCUT2D eigenvalue weighted by atomic mass is 32.1. The monoisotopic (exact) mass is 390 g/mol. The summed E-state index contributed by atoms with van der Waals surface area (Å²) >= 11 is 1.23. The van der Waals surface area contributed by atoms with Crippen molar-refractivity contribution in [1.82, 2.24) is 0 Å². The molecule has 0 bridgehead atoms. The molecule has 0 fully saturated rings. The maximum Gasteiger partial charge on any atom is 0.277 e. The van der Waals surface area contributed by atoms with E-state index in [9.17, 15) is 29.8 Å². The molecule has 0 atom stereocenters. The number of hydrogen-bond acceptors (Lipinski definition) is 7. The van der Waals surface area contributed by atoms with Gasteiger partial charge >= 0.3 is 0 Å². The average molecular weight is 390 g/mol. The maximum absolute atomic E-state index is 12.5. The molecular weight excluding hydrogens is 376 g/mol. The third-order valence-electron chi connectivity index (χ3n) is 4.23. The molecule has 140 valence electrons. The number of non-ortho nitro benzene ring substituents is 2. The summed E-state index contributed by atoms with van der Waals surface area (Å²) in [6.45, 7) is 0. The molecule has 0 radical (unpaired) electrons. The fourth-order valence-corrected chi connectivity index (χ4v) is 4.32. The van der Waals surface area contributed by atoms with Crippen molar-refractivity contribution in [2.45, 2.75) is 25.7 Å². The van der Waals surface area contributed by atoms with Crippen LogP contribution in [0.3, 0.4) is 0 Å². The molecule has 2 amide bonds. The Balaban J connectivity index is 1.99. The second-order valence-electron chi connectivity index (χ2n) is 5.99. The molecule has 1 aliphatic rings. The number of amides is 2. The van der Waals surface area contributed by atoms with E-state index in [0.29, 0.717) is 6.42 Å². The van der Waals surface area contributed by atoms with Crippen molar-refractivity contribution in [2.24, 2.45) is 5.73 Å². The Morgan fingerprint density at radius 2 is 1.63 bits per heavy atom. The molecule has 0 aliphatic heterocycles. The number of benzene rings is 1. The van der Waals surface area contributed by atoms with Gasteiger partial charge in [-0.05, 0) is 31.2 Å². The van der Waals surface area contributed by atoms with Crippen molar-refractivity contribution >= 4 is 39.5 Å². The lowest BCUT2D eigenvalue weighted by atomic mass is 9.95. The zero-order chi connectivity index (χ0) is 19.7. The number of nitro groups is 2. The van der Waals surface area contributed by atoms with Crippen LogP contribution < -0.4 is 11.1 Å². The van der Waals surface area contributed by atoms with Crippen molar-refractivity contribution < 1.29 is 19.4 Å². The van der Waals surface area contributed by atoms with E-state index >= 15 is 0 Å². The van der Waals surface area contributed by atoms with E-state index in [1.54, 1.807) is 0 Å². The van der Waals surface area contributed by atoms with E-state index in [1.165, 1.54) is 11.3 Å². The number of nitrogens with zero attached hydrogens (tertiary/aromatic N) is 2. The van der Waals surface area contributed by atoms with E-state index < -0.39 is 33.0 Å². The number of nitro benzene ring substituents is 2. The quantitative estimate of drug-likeness (QED) is 0.590. The largest absolute Gasteiger partial charge is 0.365 e. The third kappa shape index (κ3) is 3.62. The molecule has 0 unspecified atom stereocenters. The fourth-order valence-electron chi connectivity index (χ4n) is 3.03. The number of nitrogens with two attached hydrogens (primary N) is 1. The molecule has 1 aromatic carbocycles. The van der Waals surface area contributed by atoms with E-state index in [-0.39, 0.29) is 16.1 Å². The minimum Gasteiger partial charge on any atom is -0.365 e. The van der Waals surface area contributed by atoms with Gasteiger partial charge in [0.2, 0.25) is 0 Å². The summed E-state index contributed by atoms with van der Waals surface area (Å²) in [4.78, 5) is 45.7. The maximum atomic E-state index is 12.5. The predicted octanol–water partition coefficient (Wildman–Crippen LogP) is 2.79. The Kier molecular flexibility index (Phi) is 4.86. The fraction of sp³-hybridized carbons (Fsp3) is 0.250. The number of primary amides is 1. The SMILES string of the molecule is NC(=O)c1c(NC(=O)c2cc([N+](=O)[O-])cc([N+](=O)[O-])c2)sc2c1CCCC2. The van der Waals surface area contributed by atoms with Gasteiger partial charge in [-0.15, -0.1) is 11.3 Å². The molecule has 0 saturated carbocycles. The van der Waals surface area contributed by atoms with Gasteiger partial charge in [0.15, 0.2) is 0 Å². The van der Waals surface area contributed by atoms with Gasteiger partial charge in [0.25, 0.3) is 23.2 Å². The topological polar surface area (TPSA) is 158 Å². The Morgan fingerprint density at radius 3 is 2.19 bits per heavy atom. The molecule has 11 heteroatoms. The number of carbonyl (C=O) groups excluding carboxylic acids is 2. The van der Waals surface area contributed by atoms with Crippen LogP contribution in [0.4, 0.5) is 16.4 Å². The number of hydrogen-bond donors (Lipinski definition) is 2. The van der Waals surface area contributed by atoms with Crippen LogP contribution in [-0.2, 0) is 12.8 Å². The average Bonchev–Trinajstić information content (AvgIpc) is 2.99. The van der Waals surface area contributed by atoms with Gasteiger partial charge in [0.1, 0.15) is 5.00 Å². The molecule has 0 spiro atoms. The van der Waals surface area contributed by atoms with Gasteiger partial charge in [-0.1, -0.05) is 0 Å². The van der Waals surface area contributed by atoms with Gasteiger partial charge in [-0.2, -0.15) is 0 Å². The summed E-state index contributed by atoms with van der Waals surface area (Å²) in [5.74, 6) is -1.46. The Hall–Kier alpha value is -3.34. The van der Waals surface area contributed by atoms with Crippen LogP contribution in [0.15, 0.2) is 18.2 Å². The zero-order valence-corrected chi connectivity index (χ0v) is 14.7. The predicted molar refractivity (Wildman–Crippen MR) is 97.2 cm³/mol. The number of aryl methyl sites for hydroxylation is 1. The summed E-state index contributed by atoms with van der Waals surface area (Å²) in [5, 5.41) is 24.7. The lowest BCUT2D eigenvalue weighted by Crippen LogP contribution is -2.18. The lowest BCUT2D eigenvalue weighted by Gasteiger charge is -2.11. The Bertz CT molecular complexity index is 951. The molecule has 3 rings (SSSR count). The van der Waals surface area contributed by atoms with Crippen molar-refractivity contribution in [3.8, 4) is 0 Å². The number of anilines is 1. The number of thiophene rings is 1. The standard InChI is InChI=1S/C16H14N4O6S/c17-14(21)13-11-3-1-2-4-12(11)27-16(13)18-15(22)8-5-9(19(23)24)7-10(6-8)20(25)26/h5-7H,1-4H2,(H2,17,21)(H,18,22). The molecule has 1 aromatic heterocycles. The first-order valence-electron chi connectivity index (χ1n) is 7.97. The second-order valence-corrected chi connectivity index (χ2v) is 7.09. The highest BCUT2D eigenvalue weighted by molar-refractivity contribution is 7.17. The van der Waals surface area contributed by atoms with Gasteiger partial charge in [-0.25, -0.2) is 0 Å². The van der Waals surface area contributed by atoms with E-state index in [0.717, 1.165) is 47.9 Å². The van der Waals surface area contributed by atoms with Crippen LogP contribution in [0, 0.1) is 20.2 Å². The zero-order valence-electron chi connectivity index (χ0n) is 13.9. The first-order chi connectivity index (χ1) is 12.8. The smallest absolute Gasteiger partial charge is 0.277 e. The van der Waals surface area contributed by atoms with E-state index in [4.69, 9.17) is 5.73 Å². The summed E-state index contributed by atoms with van der Waals surface area (Å²) < 4.78 is 0. The number of rotatable bonds is 5. The third-order valence-corrected chi connectivity index (χ3v) is 5.44.